The molecule has 0 saturated carbocycles. The highest BCUT2D eigenvalue weighted by Crippen LogP contribution is 2.25. The lowest BCUT2D eigenvalue weighted by atomic mass is 9.85. The topological polar surface area (TPSA) is 0 Å². The van der Waals surface area contributed by atoms with E-state index >= 15 is 0 Å². The summed E-state index contributed by atoms with van der Waals surface area (Å²) in [6, 6.07) is 0. The van der Waals surface area contributed by atoms with Gasteiger partial charge in [0.05, 0.1) is 0 Å². The first-order chi connectivity index (χ1) is 9.43. The molecule has 0 N–H and O–H groups in total. The molecule has 0 atom stereocenters. The van der Waals surface area contributed by atoms with Gasteiger partial charge in [-0.25, -0.2) is 0 Å². The van der Waals surface area contributed by atoms with Crippen LogP contribution in [0.2, 0.25) is 0 Å². The number of hydrogen-bond acceptors (Lipinski definition) is 0. The summed E-state index contributed by atoms with van der Waals surface area (Å²) in [7, 11) is 0. The summed E-state index contributed by atoms with van der Waals surface area (Å²) < 4.78 is 0. The maximum absolute atomic E-state index is 2.42. The van der Waals surface area contributed by atoms with Crippen molar-refractivity contribution in [3.8, 4) is 0 Å². The Kier molecular flexibility index (Phi) is 12.7. The quantitative estimate of drug-likeness (QED) is 0.307. The molecule has 0 nitrogen and oxygen atoms in total. The van der Waals surface area contributed by atoms with Gasteiger partial charge in [-0.1, -0.05) is 106 Å². The first kappa shape index (κ1) is 20.0. The summed E-state index contributed by atoms with van der Waals surface area (Å²) in [6.07, 6.45) is 14.5. The zero-order valence-electron chi connectivity index (χ0n) is 15.4. The van der Waals surface area contributed by atoms with Crippen molar-refractivity contribution in [2.24, 2.45) is 23.7 Å². The molecule has 0 aliphatic carbocycles. The second-order valence-electron chi connectivity index (χ2n) is 8.07. The van der Waals surface area contributed by atoms with Crippen molar-refractivity contribution >= 4 is 0 Å². The third kappa shape index (κ3) is 13.0. The Labute approximate surface area is 130 Å². The average molecular weight is 283 g/mol. The standard InChI is InChI=1S/C20H42/c1-17(2)13-9-7-11-15-20(19(5)6)16-12-8-10-14-18(3)4/h17-20H,7-16H2,1-6H3. The molecule has 0 rings (SSSR count). The smallest absolute Gasteiger partial charge is 0.0391 e. The number of hydrogen-bond donors (Lipinski definition) is 0. The van der Waals surface area contributed by atoms with E-state index in [1.54, 1.807) is 0 Å². The van der Waals surface area contributed by atoms with Crippen molar-refractivity contribution in [3.63, 3.8) is 0 Å². The van der Waals surface area contributed by atoms with Gasteiger partial charge in [0, 0.05) is 0 Å². The van der Waals surface area contributed by atoms with Crippen molar-refractivity contribution in [2.75, 3.05) is 0 Å². The van der Waals surface area contributed by atoms with Crippen LogP contribution in [0.1, 0.15) is 106 Å². The molecule has 0 aliphatic rings. The summed E-state index contributed by atoms with van der Waals surface area (Å²) in [5.41, 5.74) is 0. The van der Waals surface area contributed by atoms with Crippen LogP contribution in [-0.2, 0) is 0 Å². The van der Waals surface area contributed by atoms with E-state index in [-0.39, 0.29) is 0 Å². The van der Waals surface area contributed by atoms with Gasteiger partial charge in [0.15, 0.2) is 0 Å². The maximum atomic E-state index is 2.42. The highest BCUT2D eigenvalue weighted by molar-refractivity contribution is 4.64. The summed E-state index contributed by atoms with van der Waals surface area (Å²) >= 11 is 0. The van der Waals surface area contributed by atoms with Crippen LogP contribution in [0.25, 0.3) is 0 Å². The summed E-state index contributed by atoms with van der Waals surface area (Å²) in [5, 5.41) is 0. The van der Waals surface area contributed by atoms with Crippen LogP contribution in [0.5, 0.6) is 0 Å². The molecule has 20 heavy (non-hydrogen) atoms. The van der Waals surface area contributed by atoms with E-state index in [4.69, 9.17) is 0 Å². The Hall–Kier alpha value is 0. The molecule has 122 valence electrons. The number of unbranched alkanes of at least 4 members (excludes halogenated alkanes) is 4. The molecule has 0 aromatic heterocycles. The van der Waals surface area contributed by atoms with Gasteiger partial charge in [-0.2, -0.15) is 0 Å². The molecule has 0 aliphatic heterocycles. The van der Waals surface area contributed by atoms with Crippen molar-refractivity contribution in [1.82, 2.24) is 0 Å². The molecule has 0 radical (unpaired) electrons. The van der Waals surface area contributed by atoms with Gasteiger partial charge >= 0.3 is 0 Å². The normalized spacial score (nSPS) is 12.3. The first-order valence-corrected chi connectivity index (χ1v) is 9.43. The molecular formula is C20H42. The summed E-state index contributed by atoms with van der Waals surface area (Å²) in [5.74, 6) is 3.63. The molecule has 0 fully saturated rings. The Morgan fingerprint density at radius 3 is 1.10 bits per heavy atom. The largest absolute Gasteiger partial charge is 0.0628 e. The first-order valence-electron chi connectivity index (χ1n) is 9.43. The Morgan fingerprint density at radius 1 is 0.450 bits per heavy atom. The van der Waals surface area contributed by atoms with Crippen LogP contribution >= 0.6 is 0 Å². The predicted molar refractivity (Wildman–Crippen MR) is 94.2 cm³/mol. The Balaban J connectivity index is 3.61. The Morgan fingerprint density at radius 2 is 0.800 bits per heavy atom. The van der Waals surface area contributed by atoms with Gasteiger partial charge < -0.3 is 0 Å². The van der Waals surface area contributed by atoms with E-state index < -0.39 is 0 Å². The fourth-order valence-corrected chi connectivity index (χ4v) is 3.08. The molecular weight excluding hydrogens is 240 g/mol. The van der Waals surface area contributed by atoms with Crippen LogP contribution in [0.15, 0.2) is 0 Å². The highest BCUT2D eigenvalue weighted by atomic mass is 14.2. The zero-order valence-corrected chi connectivity index (χ0v) is 15.4. The maximum Gasteiger partial charge on any atom is -0.0391 e. The third-order valence-corrected chi connectivity index (χ3v) is 4.66. The van der Waals surface area contributed by atoms with E-state index in [9.17, 15) is 0 Å². The third-order valence-electron chi connectivity index (χ3n) is 4.66. The summed E-state index contributed by atoms with van der Waals surface area (Å²) in [4.78, 5) is 0. The van der Waals surface area contributed by atoms with Crippen molar-refractivity contribution in [1.29, 1.82) is 0 Å². The summed E-state index contributed by atoms with van der Waals surface area (Å²) in [6.45, 7) is 14.2. The van der Waals surface area contributed by atoms with Crippen molar-refractivity contribution in [3.05, 3.63) is 0 Å². The Bertz CT molecular complexity index is 172. The molecule has 0 aromatic carbocycles. The molecule has 0 heterocycles. The van der Waals surface area contributed by atoms with Gasteiger partial charge in [-0.05, 0) is 23.7 Å². The minimum Gasteiger partial charge on any atom is -0.0628 e. The lowest BCUT2D eigenvalue weighted by molar-refractivity contribution is 0.311. The fraction of sp³-hybridized carbons (Fsp3) is 1.00. The SMILES string of the molecule is CC(C)CCCCCC(CCCCCC(C)C)C(C)C. The monoisotopic (exact) mass is 282 g/mol. The van der Waals surface area contributed by atoms with E-state index in [0.29, 0.717) is 0 Å². The van der Waals surface area contributed by atoms with E-state index in [0.717, 1.165) is 23.7 Å². The van der Waals surface area contributed by atoms with E-state index in [2.05, 4.69) is 41.5 Å². The zero-order chi connectivity index (χ0) is 15.4. The second-order valence-corrected chi connectivity index (χ2v) is 8.07. The van der Waals surface area contributed by atoms with Crippen LogP contribution < -0.4 is 0 Å². The highest BCUT2D eigenvalue weighted by Gasteiger charge is 2.12. The van der Waals surface area contributed by atoms with Gasteiger partial charge in [0.1, 0.15) is 0 Å². The predicted octanol–water partition coefficient (Wildman–Crippen LogP) is 7.47. The van der Waals surface area contributed by atoms with E-state index in [1.807, 2.05) is 0 Å². The molecule has 0 saturated heterocycles. The average Bonchev–Trinajstić information content (AvgIpc) is 2.34. The number of rotatable bonds is 13. The van der Waals surface area contributed by atoms with Gasteiger partial charge in [0.2, 0.25) is 0 Å². The van der Waals surface area contributed by atoms with Crippen molar-refractivity contribution in [2.45, 2.75) is 106 Å². The molecule has 0 spiro atoms. The second kappa shape index (κ2) is 12.7. The minimum atomic E-state index is 0.880. The van der Waals surface area contributed by atoms with Crippen molar-refractivity contribution < 1.29 is 0 Å². The van der Waals surface area contributed by atoms with Crippen LogP contribution in [0.4, 0.5) is 0 Å². The van der Waals surface area contributed by atoms with Gasteiger partial charge in [-0.3, -0.25) is 0 Å². The van der Waals surface area contributed by atoms with E-state index in [1.165, 1.54) is 64.2 Å². The molecule has 0 amide bonds. The lowest BCUT2D eigenvalue weighted by Crippen LogP contribution is -2.09. The van der Waals surface area contributed by atoms with Crippen LogP contribution in [0, 0.1) is 23.7 Å². The minimum absolute atomic E-state index is 0.880. The van der Waals surface area contributed by atoms with Crippen LogP contribution in [0.3, 0.4) is 0 Å². The molecule has 0 bridgehead atoms. The lowest BCUT2D eigenvalue weighted by Gasteiger charge is -2.21. The van der Waals surface area contributed by atoms with Gasteiger partial charge in [0.25, 0.3) is 0 Å². The molecule has 0 aromatic rings. The van der Waals surface area contributed by atoms with Crippen LogP contribution in [-0.4, -0.2) is 0 Å². The fourth-order valence-electron chi connectivity index (χ4n) is 3.08. The van der Waals surface area contributed by atoms with Gasteiger partial charge in [-0.15, -0.1) is 0 Å². The molecule has 0 unspecified atom stereocenters. The molecule has 0 heteroatoms.